The average Bonchev–Trinajstić information content (AvgIpc) is 3.26. The molecule has 0 radical (unpaired) electrons. The number of carbonyl (C=O) groups excluding carboxylic acids is 1. The highest BCUT2D eigenvalue weighted by atomic mass is 16.5. The summed E-state index contributed by atoms with van der Waals surface area (Å²) in [5.74, 6) is 0.931. The summed E-state index contributed by atoms with van der Waals surface area (Å²) in [5, 5.41) is 1.19. The lowest BCUT2D eigenvalue weighted by Gasteiger charge is -2.28. The molecule has 1 amide bonds. The van der Waals surface area contributed by atoms with Crippen LogP contribution in [0.25, 0.3) is 10.9 Å². The zero-order valence-corrected chi connectivity index (χ0v) is 19.5. The summed E-state index contributed by atoms with van der Waals surface area (Å²) >= 11 is 0. The van der Waals surface area contributed by atoms with Gasteiger partial charge in [-0.2, -0.15) is 0 Å². The predicted molar refractivity (Wildman–Crippen MR) is 134 cm³/mol. The van der Waals surface area contributed by atoms with Crippen molar-refractivity contribution in [3.05, 3.63) is 102 Å². The number of carbonyl (C=O) groups is 1. The Kier molecular flexibility index (Phi) is 6.63. The number of ether oxygens (including phenoxy) is 2. The molecule has 174 valence electrons. The molecule has 34 heavy (non-hydrogen) atoms. The van der Waals surface area contributed by atoms with E-state index < -0.39 is 0 Å². The number of hydrogen-bond donors (Lipinski definition) is 0. The van der Waals surface area contributed by atoms with Crippen LogP contribution in [0.4, 0.5) is 0 Å². The van der Waals surface area contributed by atoms with E-state index in [9.17, 15) is 4.79 Å². The number of methoxy groups -OCH3 is 1. The first kappa shape index (κ1) is 22.2. The number of fused-ring (bicyclic) bond motifs is 1. The molecule has 1 saturated heterocycles. The predicted octanol–water partition coefficient (Wildman–Crippen LogP) is 5.08. The van der Waals surface area contributed by atoms with Gasteiger partial charge < -0.3 is 18.9 Å². The van der Waals surface area contributed by atoms with Crippen molar-refractivity contribution in [2.45, 2.75) is 18.9 Å². The molecule has 4 aromatic rings. The topological polar surface area (TPSA) is 43.7 Å². The second kappa shape index (κ2) is 10.1. The summed E-state index contributed by atoms with van der Waals surface area (Å²) in [5.41, 5.74) is 4.72. The van der Waals surface area contributed by atoms with Gasteiger partial charge in [-0.05, 0) is 34.9 Å². The minimum atomic E-state index is -0.0526. The van der Waals surface area contributed by atoms with Crippen LogP contribution in [0.15, 0.2) is 85.1 Å². The Morgan fingerprint density at radius 1 is 0.941 bits per heavy atom. The maximum absolute atomic E-state index is 13.4. The Balaban J connectivity index is 1.55. The Morgan fingerprint density at radius 3 is 2.38 bits per heavy atom. The molecule has 0 unspecified atom stereocenters. The van der Waals surface area contributed by atoms with E-state index in [-0.39, 0.29) is 11.8 Å². The molecule has 1 aromatic heterocycles. The number of amides is 1. The Bertz CT molecular complexity index is 1240. The quantitative estimate of drug-likeness (QED) is 0.391. The van der Waals surface area contributed by atoms with Crippen molar-refractivity contribution in [1.82, 2.24) is 9.47 Å². The van der Waals surface area contributed by atoms with Crippen LogP contribution in [0.5, 0.6) is 5.75 Å². The number of morpholine rings is 1. The molecule has 5 nitrogen and oxygen atoms in total. The third-order valence-electron chi connectivity index (χ3n) is 6.65. The first-order valence-corrected chi connectivity index (χ1v) is 11.8. The monoisotopic (exact) mass is 454 g/mol. The van der Waals surface area contributed by atoms with Gasteiger partial charge >= 0.3 is 0 Å². The highest BCUT2D eigenvalue weighted by Crippen LogP contribution is 2.36. The van der Waals surface area contributed by atoms with Crippen LogP contribution in [-0.4, -0.2) is 48.8 Å². The molecule has 1 aliphatic heterocycles. The Morgan fingerprint density at radius 2 is 1.65 bits per heavy atom. The summed E-state index contributed by atoms with van der Waals surface area (Å²) < 4.78 is 13.1. The Hall–Kier alpha value is -3.57. The maximum atomic E-state index is 13.4. The SMILES string of the molecule is COc1ccc([C@@H](CC(=O)N2CCOCC2)c2cn(Cc3ccccc3)c3ccccc23)cc1. The van der Waals surface area contributed by atoms with Crippen molar-refractivity contribution in [3.63, 3.8) is 0 Å². The largest absolute Gasteiger partial charge is 0.497 e. The van der Waals surface area contributed by atoms with Gasteiger partial charge in [0, 0.05) is 49.1 Å². The first-order chi connectivity index (χ1) is 16.7. The van der Waals surface area contributed by atoms with E-state index in [0.717, 1.165) is 17.9 Å². The van der Waals surface area contributed by atoms with Crippen LogP contribution in [-0.2, 0) is 16.1 Å². The molecule has 0 aliphatic carbocycles. The van der Waals surface area contributed by atoms with E-state index in [1.54, 1.807) is 7.11 Å². The molecule has 0 spiro atoms. The smallest absolute Gasteiger partial charge is 0.223 e. The van der Waals surface area contributed by atoms with Gasteiger partial charge in [-0.3, -0.25) is 4.79 Å². The van der Waals surface area contributed by atoms with Gasteiger partial charge in [-0.1, -0.05) is 60.7 Å². The van der Waals surface area contributed by atoms with Gasteiger partial charge in [0.1, 0.15) is 5.75 Å². The third kappa shape index (κ3) is 4.70. The van der Waals surface area contributed by atoms with E-state index in [1.165, 1.54) is 22.0 Å². The van der Waals surface area contributed by atoms with E-state index >= 15 is 0 Å². The molecular weight excluding hydrogens is 424 g/mol. The third-order valence-corrected chi connectivity index (χ3v) is 6.65. The van der Waals surface area contributed by atoms with Gasteiger partial charge in [-0.25, -0.2) is 0 Å². The molecule has 0 N–H and O–H groups in total. The molecule has 5 heteroatoms. The molecule has 0 saturated carbocycles. The highest BCUT2D eigenvalue weighted by Gasteiger charge is 2.26. The molecule has 1 atom stereocenters. The van der Waals surface area contributed by atoms with Gasteiger partial charge in [0.25, 0.3) is 0 Å². The van der Waals surface area contributed by atoms with Crippen molar-refractivity contribution in [2.75, 3.05) is 33.4 Å². The summed E-state index contributed by atoms with van der Waals surface area (Å²) in [6.07, 6.45) is 2.66. The summed E-state index contributed by atoms with van der Waals surface area (Å²) in [4.78, 5) is 15.3. The van der Waals surface area contributed by atoms with Crippen LogP contribution in [0.2, 0.25) is 0 Å². The van der Waals surface area contributed by atoms with Crippen molar-refractivity contribution in [1.29, 1.82) is 0 Å². The minimum absolute atomic E-state index is 0.0526. The lowest BCUT2D eigenvalue weighted by atomic mass is 9.87. The second-order valence-corrected chi connectivity index (χ2v) is 8.74. The summed E-state index contributed by atoms with van der Waals surface area (Å²) in [7, 11) is 1.67. The number of nitrogens with zero attached hydrogens (tertiary/aromatic N) is 2. The molecule has 0 bridgehead atoms. The lowest BCUT2D eigenvalue weighted by Crippen LogP contribution is -2.41. The van der Waals surface area contributed by atoms with Crippen LogP contribution in [0, 0.1) is 0 Å². The zero-order chi connectivity index (χ0) is 23.3. The fraction of sp³-hybridized carbons (Fsp3) is 0.276. The van der Waals surface area contributed by atoms with Crippen LogP contribution < -0.4 is 4.74 Å². The average molecular weight is 455 g/mol. The van der Waals surface area contributed by atoms with Crippen LogP contribution in [0.1, 0.15) is 29.0 Å². The zero-order valence-electron chi connectivity index (χ0n) is 19.5. The minimum Gasteiger partial charge on any atom is -0.497 e. The lowest BCUT2D eigenvalue weighted by molar-refractivity contribution is -0.135. The molecule has 5 rings (SSSR count). The fourth-order valence-corrected chi connectivity index (χ4v) is 4.82. The number of rotatable bonds is 7. The molecule has 1 fully saturated rings. The standard InChI is InChI=1S/C29H30N2O3/c1-33-24-13-11-23(12-14-24)26(19-29(32)30-15-17-34-18-16-30)27-21-31(20-22-7-3-2-4-8-22)28-10-6-5-9-25(27)28/h2-14,21,26H,15-20H2,1H3/t26-/m1/s1. The van der Waals surface area contributed by atoms with Crippen molar-refractivity contribution in [3.8, 4) is 5.75 Å². The number of benzene rings is 3. The normalized spacial score (nSPS) is 14.8. The number of hydrogen-bond acceptors (Lipinski definition) is 3. The van der Waals surface area contributed by atoms with E-state index in [2.05, 4.69) is 71.4 Å². The molecule has 1 aliphatic rings. The number of para-hydroxylation sites is 1. The van der Waals surface area contributed by atoms with Crippen LogP contribution >= 0.6 is 0 Å². The highest BCUT2D eigenvalue weighted by molar-refractivity contribution is 5.87. The molecule has 2 heterocycles. The fourth-order valence-electron chi connectivity index (χ4n) is 4.82. The summed E-state index contributed by atoms with van der Waals surface area (Å²) in [6.45, 7) is 3.31. The molecule has 3 aromatic carbocycles. The van der Waals surface area contributed by atoms with Crippen LogP contribution in [0.3, 0.4) is 0 Å². The van der Waals surface area contributed by atoms with E-state index in [0.29, 0.717) is 32.7 Å². The summed E-state index contributed by atoms with van der Waals surface area (Å²) in [6, 6.07) is 27.1. The first-order valence-electron chi connectivity index (χ1n) is 11.8. The van der Waals surface area contributed by atoms with Crippen molar-refractivity contribution in [2.24, 2.45) is 0 Å². The second-order valence-electron chi connectivity index (χ2n) is 8.74. The van der Waals surface area contributed by atoms with Gasteiger partial charge in [0.15, 0.2) is 0 Å². The van der Waals surface area contributed by atoms with Crippen molar-refractivity contribution < 1.29 is 14.3 Å². The Labute approximate surface area is 200 Å². The maximum Gasteiger partial charge on any atom is 0.223 e. The number of aromatic nitrogens is 1. The van der Waals surface area contributed by atoms with Gasteiger partial charge in [0.2, 0.25) is 5.91 Å². The van der Waals surface area contributed by atoms with E-state index in [1.807, 2.05) is 23.1 Å². The van der Waals surface area contributed by atoms with Gasteiger partial charge in [0.05, 0.1) is 20.3 Å². The van der Waals surface area contributed by atoms with Crippen molar-refractivity contribution >= 4 is 16.8 Å². The molecular formula is C29H30N2O3. The van der Waals surface area contributed by atoms with E-state index in [4.69, 9.17) is 9.47 Å². The van der Waals surface area contributed by atoms with Gasteiger partial charge in [-0.15, -0.1) is 0 Å².